The zero-order chi connectivity index (χ0) is 17.8. The summed E-state index contributed by atoms with van der Waals surface area (Å²) in [4.78, 5) is 16.4. The number of aryl methyl sites for hydroxylation is 2. The summed E-state index contributed by atoms with van der Waals surface area (Å²) < 4.78 is 14.3. The van der Waals surface area contributed by atoms with Gasteiger partial charge in [-0.1, -0.05) is 30.3 Å². The zero-order valence-corrected chi connectivity index (χ0v) is 14.8. The number of para-hydroxylation sites is 1. The first-order valence-corrected chi connectivity index (χ1v) is 8.62. The van der Waals surface area contributed by atoms with E-state index in [-0.39, 0.29) is 11.7 Å². The molecule has 1 fully saturated rings. The first-order chi connectivity index (χ1) is 12.0. The Kier molecular flexibility index (Phi) is 5.34. The van der Waals surface area contributed by atoms with Crippen LogP contribution in [0.15, 0.2) is 42.5 Å². The van der Waals surface area contributed by atoms with Crippen LogP contribution in [0.4, 0.5) is 15.8 Å². The van der Waals surface area contributed by atoms with Crippen molar-refractivity contribution in [2.45, 2.75) is 13.8 Å². The Morgan fingerprint density at radius 1 is 1.00 bits per heavy atom. The molecular weight excluding hydrogens is 317 g/mol. The van der Waals surface area contributed by atoms with E-state index >= 15 is 0 Å². The standard InChI is InChI=1S/C20H24FN3O/c1-15-6-3-4-8-17(15)22-19(25)14-23-10-12-24(13-11-23)18-9-5-7-16(2)20(18)21/h3-9H,10-14H2,1-2H3,(H,22,25). The lowest BCUT2D eigenvalue weighted by Gasteiger charge is -2.36. The molecule has 0 bridgehead atoms. The molecule has 132 valence electrons. The van der Waals surface area contributed by atoms with Gasteiger partial charge in [0.1, 0.15) is 5.82 Å². The van der Waals surface area contributed by atoms with Crippen molar-refractivity contribution in [1.29, 1.82) is 0 Å². The lowest BCUT2D eigenvalue weighted by atomic mass is 10.1. The second kappa shape index (κ2) is 7.66. The van der Waals surface area contributed by atoms with Crippen molar-refractivity contribution in [2.24, 2.45) is 0 Å². The summed E-state index contributed by atoms with van der Waals surface area (Å²) >= 11 is 0. The molecule has 1 aliphatic rings. The minimum Gasteiger partial charge on any atom is -0.367 e. The summed E-state index contributed by atoms with van der Waals surface area (Å²) in [5, 5.41) is 2.96. The van der Waals surface area contributed by atoms with Crippen LogP contribution in [0.25, 0.3) is 0 Å². The van der Waals surface area contributed by atoms with E-state index in [0.29, 0.717) is 17.8 Å². The van der Waals surface area contributed by atoms with Crippen LogP contribution in [0.2, 0.25) is 0 Å². The molecule has 0 aromatic heterocycles. The first kappa shape index (κ1) is 17.4. The van der Waals surface area contributed by atoms with Crippen molar-refractivity contribution >= 4 is 17.3 Å². The van der Waals surface area contributed by atoms with E-state index in [1.54, 1.807) is 13.0 Å². The lowest BCUT2D eigenvalue weighted by molar-refractivity contribution is -0.117. The minimum atomic E-state index is -0.145. The maximum Gasteiger partial charge on any atom is 0.238 e. The average Bonchev–Trinajstić information content (AvgIpc) is 2.60. The molecule has 0 saturated carbocycles. The van der Waals surface area contributed by atoms with E-state index < -0.39 is 0 Å². The van der Waals surface area contributed by atoms with Gasteiger partial charge in [-0.2, -0.15) is 0 Å². The van der Waals surface area contributed by atoms with Crippen molar-refractivity contribution in [1.82, 2.24) is 4.90 Å². The number of amides is 1. The number of piperazine rings is 1. The number of rotatable bonds is 4. The second-order valence-electron chi connectivity index (χ2n) is 6.53. The van der Waals surface area contributed by atoms with Gasteiger partial charge in [-0.15, -0.1) is 0 Å². The average molecular weight is 341 g/mol. The maximum atomic E-state index is 14.3. The molecule has 0 unspecified atom stereocenters. The molecule has 1 amide bonds. The van der Waals surface area contributed by atoms with Crippen molar-refractivity contribution < 1.29 is 9.18 Å². The quantitative estimate of drug-likeness (QED) is 0.928. The number of halogens is 1. The maximum absolute atomic E-state index is 14.3. The van der Waals surface area contributed by atoms with Crippen molar-refractivity contribution in [2.75, 3.05) is 42.9 Å². The number of carbonyl (C=O) groups excluding carboxylic acids is 1. The molecule has 2 aromatic rings. The summed E-state index contributed by atoms with van der Waals surface area (Å²) in [7, 11) is 0. The van der Waals surface area contributed by atoms with Crippen molar-refractivity contribution in [3.63, 3.8) is 0 Å². The molecule has 0 aliphatic carbocycles. The van der Waals surface area contributed by atoms with Crippen LogP contribution in [0.3, 0.4) is 0 Å². The molecule has 0 spiro atoms. The van der Waals surface area contributed by atoms with Gasteiger partial charge in [-0.25, -0.2) is 4.39 Å². The molecule has 1 aliphatic heterocycles. The van der Waals surface area contributed by atoms with Crippen LogP contribution in [0, 0.1) is 19.7 Å². The molecular formula is C20H24FN3O. The predicted octanol–water partition coefficient (Wildman–Crippen LogP) is 3.20. The van der Waals surface area contributed by atoms with Gasteiger partial charge in [-0.05, 0) is 37.1 Å². The monoisotopic (exact) mass is 341 g/mol. The Hall–Kier alpha value is -2.40. The highest BCUT2D eigenvalue weighted by atomic mass is 19.1. The highest BCUT2D eigenvalue weighted by molar-refractivity contribution is 5.92. The SMILES string of the molecule is Cc1ccccc1NC(=O)CN1CCN(c2cccc(C)c2F)CC1. The van der Waals surface area contributed by atoms with Gasteiger partial charge in [0.25, 0.3) is 0 Å². The number of benzene rings is 2. The first-order valence-electron chi connectivity index (χ1n) is 8.62. The van der Waals surface area contributed by atoms with Gasteiger partial charge in [-0.3, -0.25) is 9.69 Å². The fourth-order valence-corrected chi connectivity index (χ4v) is 3.13. The van der Waals surface area contributed by atoms with Crippen molar-refractivity contribution in [3.05, 3.63) is 59.4 Å². The zero-order valence-electron chi connectivity index (χ0n) is 14.8. The summed E-state index contributed by atoms with van der Waals surface area (Å²) in [6, 6.07) is 13.2. The van der Waals surface area contributed by atoms with Crippen LogP contribution >= 0.6 is 0 Å². The molecule has 1 N–H and O–H groups in total. The number of hydrogen-bond acceptors (Lipinski definition) is 3. The van der Waals surface area contributed by atoms with E-state index in [1.807, 2.05) is 43.3 Å². The van der Waals surface area contributed by atoms with E-state index in [2.05, 4.69) is 15.1 Å². The highest BCUT2D eigenvalue weighted by Crippen LogP contribution is 2.23. The van der Waals surface area contributed by atoms with E-state index in [0.717, 1.165) is 37.4 Å². The van der Waals surface area contributed by atoms with Crippen LogP contribution < -0.4 is 10.2 Å². The highest BCUT2D eigenvalue weighted by Gasteiger charge is 2.21. The third kappa shape index (κ3) is 4.17. The molecule has 0 radical (unpaired) electrons. The van der Waals surface area contributed by atoms with E-state index in [9.17, 15) is 9.18 Å². The topological polar surface area (TPSA) is 35.6 Å². The number of anilines is 2. The van der Waals surface area contributed by atoms with Crippen LogP contribution in [-0.4, -0.2) is 43.5 Å². The third-order valence-electron chi connectivity index (χ3n) is 4.67. The molecule has 1 heterocycles. The molecule has 4 nitrogen and oxygen atoms in total. The third-order valence-corrected chi connectivity index (χ3v) is 4.67. The number of carbonyl (C=O) groups is 1. The normalized spacial score (nSPS) is 15.2. The Bertz CT molecular complexity index is 754. The summed E-state index contributed by atoms with van der Waals surface area (Å²) in [5.41, 5.74) is 3.23. The fraction of sp³-hybridized carbons (Fsp3) is 0.350. The summed E-state index contributed by atoms with van der Waals surface area (Å²) in [5.74, 6) is -0.155. The van der Waals surface area contributed by atoms with Gasteiger partial charge in [0.05, 0.1) is 12.2 Å². The number of nitrogens with zero attached hydrogens (tertiary/aromatic N) is 2. The van der Waals surface area contributed by atoms with Crippen LogP contribution in [-0.2, 0) is 4.79 Å². The second-order valence-corrected chi connectivity index (χ2v) is 6.53. The van der Waals surface area contributed by atoms with Crippen molar-refractivity contribution in [3.8, 4) is 0 Å². The Morgan fingerprint density at radius 2 is 1.68 bits per heavy atom. The largest absolute Gasteiger partial charge is 0.367 e. The fourth-order valence-electron chi connectivity index (χ4n) is 3.13. The van der Waals surface area contributed by atoms with Crippen LogP contribution in [0.5, 0.6) is 0 Å². The Morgan fingerprint density at radius 3 is 2.40 bits per heavy atom. The predicted molar refractivity (Wildman–Crippen MR) is 99.6 cm³/mol. The molecule has 3 rings (SSSR count). The molecule has 25 heavy (non-hydrogen) atoms. The minimum absolute atomic E-state index is 0.00974. The van der Waals surface area contributed by atoms with E-state index in [1.165, 1.54) is 0 Å². The number of hydrogen-bond donors (Lipinski definition) is 1. The molecule has 1 saturated heterocycles. The smallest absolute Gasteiger partial charge is 0.238 e. The van der Waals surface area contributed by atoms with Gasteiger partial charge in [0.15, 0.2) is 0 Å². The van der Waals surface area contributed by atoms with Gasteiger partial charge in [0, 0.05) is 31.9 Å². The van der Waals surface area contributed by atoms with Gasteiger partial charge < -0.3 is 10.2 Å². The van der Waals surface area contributed by atoms with Gasteiger partial charge >= 0.3 is 0 Å². The summed E-state index contributed by atoms with van der Waals surface area (Å²) in [6.45, 7) is 7.05. The Labute approximate surface area is 148 Å². The molecule has 5 heteroatoms. The van der Waals surface area contributed by atoms with Gasteiger partial charge in [0.2, 0.25) is 5.91 Å². The molecule has 2 aromatic carbocycles. The van der Waals surface area contributed by atoms with E-state index in [4.69, 9.17) is 0 Å². The number of nitrogens with one attached hydrogen (secondary N) is 1. The Balaban J connectivity index is 1.53. The summed E-state index contributed by atoms with van der Waals surface area (Å²) in [6.07, 6.45) is 0. The van der Waals surface area contributed by atoms with Crippen LogP contribution in [0.1, 0.15) is 11.1 Å². The molecule has 0 atom stereocenters. The lowest BCUT2D eigenvalue weighted by Crippen LogP contribution is -2.49.